The third-order valence-corrected chi connectivity index (χ3v) is 5.55. The molecule has 1 amide bonds. The van der Waals surface area contributed by atoms with Crippen LogP contribution in [0.3, 0.4) is 0 Å². The molecule has 7 heteroatoms. The molecule has 5 nitrogen and oxygen atoms in total. The van der Waals surface area contributed by atoms with E-state index in [-0.39, 0.29) is 11.9 Å². The number of carbonyl (C=O) groups excluding carboxylic acids is 1. The van der Waals surface area contributed by atoms with E-state index in [9.17, 15) is 4.79 Å². The first-order valence-corrected chi connectivity index (χ1v) is 10.1. The second-order valence-electron chi connectivity index (χ2n) is 7.05. The molecule has 0 aliphatic heterocycles. The Hall–Kier alpha value is -2.89. The standard InChI is InChI=1S/C22H16Cl2N4O/c23-14-7-5-13(6-8-14)20-17(16-3-1-2-4-19(16)24)11-25-21-18(12-26-28(20)21)22(29)27-15-9-10-15/h1-8,11-12,15H,9-10H2,(H,27,29). The van der Waals surface area contributed by atoms with Crippen LogP contribution in [0, 0.1) is 0 Å². The van der Waals surface area contributed by atoms with E-state index in [1.807, 2.05) is 48.5 Å². The maximum atomic E-state index is 12.6. The summed E-state index contributed by atoms with van der Waals surface area (Å²) in [6, 6.07) is 15.3. The number of hydrogen-bond donors (Lipinski definition) is 1. The number of rotatable bonds is 4. The second kappa shape index (κ2) is 7.17. The predicted octanol–water partition coefficient (Wildman–Crippen LogP) is 5.26. The summed E-state index contributed by atoms with van der Waals surface area (Å²) in [5, 5.41) is 8.75. The van der Waals surface area contributed by atoms with Gasteiger partial charge in [-0.25, -0.2) is 9.50 Å². The Balaban J connectivity index is 1.74. The minimum Gasteiger partial charge on any atom is -0.349 e. The summed E-state index contributed by atoms with van der Waals surface area (Å²) in [7, 11) is 0. The van der Waals surface area contributed by atoms with E-state index in [0.29, 0.717) is 21.3 Å². The molecule has 0 spiro atoms. The fourth-order valence-electron chi connectivity index (χ4n) is 3.34. The summed E-state index contributed by atoms with van der Waals surface area (Å²) in [6.45, 7) is 0. The molecular weight excluding hydrogens is 407 g/mol. The minimum atomic E-state index is -0.150. The van der Waals surface area contributed by atoms with E-state index < -0.39 is 0 Å². The van der Waals surface area contributed by atoms with Gasteiger partial charge in [-0.1, -0.05) is 53.5 Å². The molecular formula is C22H16Cl2N4O. The summed E-state index contributed by atoms with van der Waals surface area (Å²) in [5.74, 6) is -0.150. The van der Waals surface area contributed by atoms with Crippen LogP contribution in [-0.2, 0) is 0 Å². The Kier molecular flexibility index (Phi) is 4.49. The highest BCUT2D eigenvalue weighted by molar-refractivity contribution is 6.33. The van der Waals surface area contributed by atoms with Gasteiger partial charge in [0.25, 0.3) is 5.91 Å². The van der Waals surface area contributed by atoms with Crippen LogP contribution < -0.4 is 5.32 Å². The van der Waals surface area contributed by atoms with Gasteiger partial charge in [-0.15, -0.1) is 0 Å². The number of nitrogens with one attached hydrogen (secondary N) is 1. The van der Waals surface area contributed by atoms with Crippen molar-refractivity contribution in [3.63, 3.8) is 0 Å². The number of benzene rings is 2. The largest absolute Gasteiger partial charge is 0.349 e. The van der Waals surface area contributed by atoms with Crippen molar-refractivity contribution >= 4 is 34.8 Å². The highest BCUT2D eigenvalue weighted by Gasteiger charge is 2.26. The average molecular weight is 423 g/mol. The molecule has 1 saturated carbocycles. The molecule has 1 fully saturated rings. The van der Waals surface area contributed by atoms with Gasteiger partial charge in [-0.05, 0) is 31.0 Å². The van der Waals surface area contributed by atoms with Crippen molar-refractivity contribution in [2.45, 2.75) is 18.9 Å². The number of halogens is 2. The number of aromatic nitrogens is 3. The van der Waals surface area contributed by atoms with E-state index in [1.165, 1.54) is 0 Å². The van der Waals surface area contributed by atoms with Crippen LogP contribution >= 0.6 is 23.2 Å². The van der Waals surface area contributed by atoms with Gasteiger partial charge in [0, 0.05) is 39.0 Å². The zero-order chi connectivity index (χ0) is 20.0. The molecule has 0 unspecified atom stereocenters. The van der Waals surface area contributed by atoms with Gasteiger partial charge in [-0.2, -0.15) is 5.10 Å². The average Bonchev–Trinajstić information content (AvgIpc) is 3.43. The monoisotopic (exact) mass is 422 g/mol. The smallest absolute Gasteiger partial charge is 0.256 e. The van der Waals surface area contributed by atoms with Crippen LogP contribution in [0.25, 0.3) is 28.0 Å². The minimum absolute atomic E-state index is 0.150. The summed E-state index contributed by atoms with van der Waals surface area (Å²) in [5.41, 5.74) is 4.32. The second-order valence-corrected chi connectivity index (χ2v) is 7.89. The summed E-state index contributed by atoms with van der Waals surface area (Å²) in [4.78, 5) is 17.2. The van der Waals surface area contributed by atoms with Crippen LogP contribution in [0.2, 0.25) is 10.0 Å². The fourth-order valence-corrected chi connectivity index (χ4v) is 3.71. The molecule has 0 radical (unpaired) electrons. The highest BCUT2D eigenvalue weighted by atomic mass is 35.5. The Morgan fingerprint density at radius 1 is 1.00 bits per heavy atom. The van der Waals surface area contributed by atoms with E-state index in [1.54, 1.807) is 16.9 Å². The zero-order valence-corrected chi connectivity index (χ0v) is 16.8. The molecule has 5 rings (SSSR count). The molecule has 2 aromatic heterocycles. The molecule has 29 heavy (non-hydrogen) atoms. The quantitative estimate of drug-likeness (QED) is 0.487. The van der Waals surface area contributed by atoms with Gasteiger partial charge in [0.15, 0.2) is 5.65 Å². The number of carbonyl (C=O) groups is 1. The first-order valence-electron chi connectivity index (χ1n) is 9.30. The topological polar surface area (TPSA) is 59.3 Å². The lowest BCUT2D eigenvalue weighted by molar-refractivity contribution is 0.0952. The van der Waals surface area contributed by atoms with Crippen LogP contribution in [0.5, 0.6) is 0 Å². The van der Waals surface area contributed by atoms with Gasteiger partial charge in [0.1, 0.15) is 5.56 Å². The predicted molar refractivity (Wildman–Crippen MR) is 114 cm³/mol. The summed E-state index contributed by atoms with van der Waals surface area (Å²) in [6.07, 6.45) is 5.35. The van der Waals surface area contributed by atoms with Gasteiger partial charge in [0.2, 0.25) is 0 Å². The Labute approximate surface area is 177 Å². The zero-order valence-electron chi connectivity index (χ0n) is 15.3. The SMILES string of the molecule is O=C(NC1CC1)c1cnn2c(-c3ccc(Cl)cc3)c(-c3ccccc3Cl)cnc12. The van der Waals surface area contributed by atoms with Crippen molar-refractivity contribution < 1.29 is 4.79 Å². The fraction of sp³-hybridized carbons (Fsp3) is 0.136. The van der Waals surface area contributed by atoms with Gasteiger partial charge in [-0.3, -0.25) is 4.79 Å². The molecule has 4 aromatic rings. The van der Waals surface area contributed by atoms with Crippen molar-refractivity contribution in [1.82, 2.24) is 19.9 Å². The van der Waals surface area contributed by atoms with E-state index in [2.05, 4.69) is 15.4 Å². The lowest BCUT2D eigenvalue weighted by atomic mass is 10.0. The third-order valence-electron chi connectivity index (χ3n) is 4.97. The van der Waals surface area contributed by atoms with Crippen LogP contribution in [0.15, 0.2) is 60.9 Å². The molecule has 144 valence electrons. The van der Waals surface area contributed by atoms with Crippen molar-refractivity contribution in [1.29, 1.82) is 0 Å². The number of fused-ring (bicyclic) bond motifs is 1. The molecule has 0 bridgehead atoms. The lowest BCUT2D eigenvalue weighted by Crippen LogP contribution is -2.25. The Morgan fingerprint density at radius 2 is 1.76 bits per heavy atom. The van der Waals surface area contributed by atoms with Crippen molar-refractivity contribution in [3.8, 4) is 22.4 Å². The molecule has 2 aromatic carbocycles. The van der Waals surface area contributed by atoms with E-state index in [0.717, 1.165) is 35.2 Å². The normalized spacial score (nSPS) is 13.6. The van der Waals surface area contributed by atoms with Gasteiger partial charge in [0.05, 0.1) is 11.9 Å². The number of hydrogen-bond acceptors (Lipinski definition) is 3. The molecule has 1 aliphatic carbocycles. The molecule has 0 atom stereocenters. The Morgan fingerprint density at radius 3 is 2.48 bits per heavy atom. The van der Waals surface area contributed by atoms with Gasteiger partial charge < -0.3 is 5.32 Å². The van der Waals surface area contributed by atoms with Gasteiger partial charge >= 0.3 is 0 Å². The third kappa shape index (κ3) is 3.37. The highest BCUT2D eigenvalue weighted by Crippen LogP contribution is 2.36. The van der Waals surface area contributed by atoms with E-state index >= 15 is 0 Å². The Bertz CT molecular complexity index is 1230. The van der Waals surface area contributed by atoms with Crippen molar-refractivity contribution in [2.75, 3.05) is 0 Å². The number of amides is 1. The lowest BCUT2D eigenvalue weighted by Gasteiger charge is -2.13. The van der Waals surface area contributed by atoms with E-state index in [4.69, 9.17) is 23.2 Å². The molecule has 2 heterocycles. The molecule has 1 N–H and O–H groups in total. The maximum Gasteiger partial charge on any atom is 0.256 e. The van der Waals surface area contributed by atoms with Crippen molar-refractivity contribution in [2.24, 2.45) is 0 Å². The first kappa shape index (κ1) is 18.2. The maximum absolute atomic E-state index is 12.6. The van der Waals surface area contributed by atoms with Crippen LogP contribution in [0.4, 0.5) is 0 Å². The van der Waals surface area contributed by atoms with Crippen LogP contribution in [-0.4, -0.2) is 26.5 Å². The molecule has 1 aliphatic rings. The summed E-state index contributed by atoms with van der Waals surface area (Å²) < 4.78 is 1.70. The summed E-state index contributed by atoms with van der Waals surface area (Å²) >= 11 is 12.6. The van der Waals surface area contributed by atoms with Crippen LogP contribution in [0.1, 0.15) is 23.2 Å². The van der Waals surface area contributed by atoms with Crippen molar-refractivity contribution in [3.05, 3.63) is 76.5 Å². The molecule has 0 saturated heterocycles. The number of nitrogens with zero attached hydrogens (tertiary/aromatic N) is 3. The first-order chi connectivity index (χ1) is 14.1.